The van der Waals surface area contributed by atoms with E-state index in [1.54, 1.807) is 0 Å². The molecule has 0 aromatic heterocycles. The molecule has 0 atom stereocenters. The molecule has 16 heavy (non-hydrogen) atoms. The number of hydrogen-bond acceptors (Lipinski definition) is 1. The summed E-state index contributed by atoms with van der Waals surface area (Å²) in [5.74, 6) is 0. The van der Waals surface area contributed by atoms with Crippen molar-refractivity contribution in [2.45, 2.75) is 46.1 Å². The highest BCUT2D eigenvalue weighted by atomic mass is 14.9. The Hall–Kier alpha value is -0.820. The number of nitrogens with one attached hydrogen (secondary N) is 1. The van der Waals surface area contributed by atoms with Crippen molar-refractivity contribution in [3.8, 4) is 0 Å². The van der Waals surface area contributed by atoms with Crippen LogP contribution in [0.1, 0.15) is 40.5 Å². The van der Waals surface area contributed by atoms with Gasteiger partial charge in [-0.25, -0.2) is 0 Å². The monoisotopic (exact) mass is 221 g/mol. The lowest BCUT2D eigenvalue weighted by atomic mass is 9.76. The highest BCUT2D eigenvalue weighted by Crippen LogP contribution is 2.34. The highest BCUT2D eigenvalue weighted by molar-refractivity contribution is 5.22. The molecule has 0 radical (unpaired) electrons. The molecular weight excluding hydrogens is 194 g/mol. The molecule has 0 aliphatic heterocycles. The molecule has 0 amide bonds. The molecule has 0 spiro atoms. The first-order chi connectivity index (χ1) is 7.26. The second-order valence-corrected chi connectivity index (χ2v) is 5.83. The minimum atomic E-state index is 0.171. The lowest BCUT2D eigenvalue weighted by Gasteiger charge is -2.35. The second-order valence-electron chi connectivity index (χ2n) is 5.83. The molecule has 0 unspecified atom stereocenters. The third-order valence-corrected chi connectivity index (χ3v) is 2.87. The molecule has 0 bridgehead atoms. The number of rotatable bonds is 7. The van der Waals surface area contributed by atoms with Gasteiger partial charge < -0.3 is 5.32 Å². The maximum atomic E-state index is 3.85. The van der Waals surface area contributed by atoms with Gasteiger partial charge in [0.25, 0.3) is 0 Å². The minimum Gasteiger partial charge on any atom is -0.315 e. The van der Waals surface area contributed by atoms with Crippen molar-refractivity contribution < 1.29 is 0 Å². The standard InChI is InChI=1S/C15H27N/c1-8-10-13(9-2)11-14(3,4)12-15(5,6)16-7/h8-10,16H,1-2,11-12H2,3-7H3/b13-10+. The molecule has 0 saturated heterocycles. The molecule has 1 N–H and O–H groups in total. The van der Waals surface area contributed by atoms with Crippen molar-refractivity contribution in [1.82, 2.24) is 5.32 Å². The van der Waals surface area contributed by atoms with Crippen molar-refractivity contribution in [3.63, 3.8) is 0 Å². The average Bonchev–Trinajstić information content (AvgIpc) is 2.15. The Labute approximate surface area is 101 Å². The highest BCUT2D eigenvalue weighted by Gasteiger charge is 2.27. The van der Waals surface area contributed by atoms with Gasteiger partial charge in [-0.2, -0.15) is 0 Å². The van der Waals surface area contributed by atoms with Crippen molar-refractivity contribution in [3.05, 3.63) is 37.0 Å². The van der Waals surface area contributed by atoms with Gasteiger partial charge in [0.1, 0.15) is 0 Å². The van der Waals surface area contributed by atoms with E-state index in [2.05, 4.69) is 46.2 Å². The van der Waals surface area contributed by atoms with Crippen LogP contribution in [0.5, 0.6) is 0 Å². The first kappa shape index (κ1) is 15.2. The Morgan fingerprint density at radius 1 is 1.19 bits per heavy atom. The van der Waals surface area contributed by atoms with Crippen molar-refractivity contribution in [1.29, 1.82) is 0 Å². The van der Waals surface area contributed by atoms with E-state index >= 15 is 0 Å². The summed E-state index contributed by atoms with van der Waals surface area (Å²) in [6, 6.07) is 0. The third-order valence-electron chi connectivity index (χ3n) is 2.87. The predicted molar refractivity (Wildman–Crippen MR) is 74.6 cm³/mol. The normalized spacial score (nSPS) is 13.7. The van der Waals surface area contributed by atoms with E-state index in [0.29, 0.717) is 0 Å². The molecule has 0 rings (SSSR count). The Balaban J connectivity index is 4.61. The summed E-state index contributed by atoms with van der Waals surface area (Å²) in [7, 11) is 2.02. The van der Waals surface area contributed by atoms with Gasteiger partial charge in [-0.3, -0.25) is 0 Å². The lowest BCUT2D eigenvalue weighted by molar-refractivity contribution is 0.231. The quantitative estimate of drug-likeness (QED) is 0.638. The number of hydrogen-bond donors (Lipinski definition) is 1. The zero-order valence-electron chi connectivity index (χ0n) is 11.6. The lowest BCUT2D eigenvalue weighted by Crippen LogP contribution is -2.40. The van der Waals surface area contributed by atoms with Gasteiger partial charge in [-0.05, 0) is 44.7 Å². The predicted octanol–water partition coefficient (Wildman–Crippen LogP) is 4.09. The fraction of sp³-hybridized carbons (Fsp3) is 0.600. The van der Waals surface area contributed by atoms with E-state index in [-0.39, 0.29) is 11.0 Å². The summed E-state index contributed by atoms with van der Waals surface area (Å²) in [6.45, 7) is 16.6. The zero-order chi connectivity index (χ0) is 12.8. The Kier molecular flexibility index (Phi) is 5.74. The van der Waals surface area contributed by atoms with Gasteiger partial charge in [0.2, 0.25) is 0 Å². The van der Waals surface area contributed by atoms with Crippen molar-refractivity contribution >= 4 is 0 Å². The van der Waals surface area contributed by atoms with Crippen LogP contribution in [0.3, 0.4) is 0 Å². The van der Waals surface area contributed by atoms with E-state index in [1.807, 2.05) is 25.3 Å². The van der Waals surface area contributed by atoms with Crippen LogP contribution in [0.25, 0.3) is 0 Å². The van der Waals surface area contributed by atoms with Crippen LogP contribution in [0.4, 0.5) is 0 Å². The van der Waals surface area contributed by atoms with Crippen LogP contribution in [0, 0.1) is 5.41 Å². The number of allylic oxidation sites excluding steroid dienone is 4. The largest absolute Gasteiger partial charge is 0.315 e. The van der Waals surface area contributed by atoms with E-state index in [9.17, 15) is 0 Å². The van der Waals surface area contributed by atoms with Crippen LogP contribution < -0.4 is 5.32 Å². The molecule has 0 aliphatic carbocycles. The van der Waals surface area contributed by atoms with Crippen LogP contribution in [-0.2, 0) is 0 Å². The maximum Gasteiger partial charge on any atom is 0.0127 e. The van der Waals surface area contributed by atoms with Gasteiger partial charge in [0, 0.05) is 5.54 Å². The van der Waals surface area contributed by atoms with Gasteiger partial charge in [-0.15, -0.1) is 0 Å². The van der Waals surface area contributed by atoms with Gasteiger partial charge in [0.05, 0.1) is 0 Å². The molecule has 1 nitrogen and oxygen atoms in total. The Morgan fingerprint density at radius 3 is 2.12 bits per heavy atom. The summed E-state index contributed by atoms with van der Waals surface area (Å²) in [4.78, 5) is 0. The molecule has 92 valence electrons. The van der Waals surface area contributed by atoms with Gasteiger partial charge >= 0.3 is 0 Å². The minimum absolute atomic E-state index is 0.171. The Morgan fingerprint density at radius 2 is 1.75 bits per heavy atom. The summed E-state index contributed by atoms with van der Waals surface area (Å²) >= 11 is 0. The fourth-order valence-electron chi connectivity index (χ4n) is 2.25. The summed E-state index contributed by atoms with van der Waals surface area (Å²) in [5.41, 5.74) is 1.69. The SMILES string of the molecule is C=C/C=C(\C=C)CC(C)(C)CC(C)(C)NC. The average molecular weight is 221 g/mol. The molecular formula is C15H27N. The summed E-state index contributed by atoms with van der Waals surface area (Å²) in [5, 5.41) is 3.36. The third kappa shape index (κ3) is 5.92. The van der Waals surface area contributed by atoms with Gasteiger partial charge in [0.15, 0.2) is 0 Å². The molecule has 0 fully saturated rings. The molecule has 0 aromatic rings. The van der Waals surface area contributed by atoms with Gasteiger partial charge in [-0.1, -0.05) is 45.2 Å². The van der Waals surface area contributed by atoms with Crippen molar-refractivity contribution in [2.75, 3.05) is 7.05 Å². The molecule has 0 saturated carbocycles. The van der Waals surface area contributed by atoms with Crippen LogP contribution in [0.2, 0.25) is 0 Å². The zero-order valence-corrected chi connectivity index (χ0v) is 11.6. The van der Waals surface area contributed by atoms with Crippen LogP contribution in [-0.4, -0.2) is 12.6 Å². The molecule has 0 aliphatic rings. The first-order valence-corrected chi connectivity index (χ1v) is 5.89. The van der Waals surface area contributed by atoms with Crippen molar-refractivity contribution in [2.24, 2.45) is 5.41 Å². The second kappa shape index (κ2) is 6.05. The van der Waals surface area contributed by atoms with E-state index < -0.39 is 0 Å². The van der Waals surface area contributed by atoms with E-state index in [0.717, 1.165) is 12.8 Å². The topological polar surface area (TPSA) is 12.0 Å². The molecule has 1 heteroatoms. The maximum absolute atomic E-state index is 3.85. The van der Waals surface area contributed by atoms with E-state index in [4.69, 9.17) is 0 Å². The fourth-order valence-corrected chi connectivity index (χ4v) is 2.25. The smallest absolute Gasteiger partial charge is 0.0127 e. The first-order valence-electron chi connectivity index (χ1n) is 5.89. The van der Waals surface area contributed by atoms with E-state index in [1.165, 1.54) is 5.57 Å². The summed E-state index contributed by atoms with van der Waals surface area (Å²) < 4.78 is 0. The van der Waals surface area contributed by atoms with Crippen LogP contribution >= 0.6 is 0 Å². The molecule has 0 heterocycles. The molecule has 0 aromatic carbocycles. The summed E-state index contributed by atoms with van der Waals surface area (Å²) in [6.07, 6.45) is 7.96. The Bertz CT molecular complexity index is 269. The van der Waals surface area contributed by atoms with Crippen LogP contribution in [0.15, 0.2) is 37.0 Å².